The number of aryl methyl sites for hydroxylation is 1. The lowest BCUT2D eigenvalue weighted by molar-refractivity contribution is 0.161. The van der Waals surface area contributed by atoms with E-state index in [1.165, 1.54) is 12.0 Å². The second kappa shape index (κ2) is 8.60. The molecule has 2 amide bonds. The van der Waals surface area contributed by atoms with Gasteiger partial charge in [-0.05, 0) is 61.4 Å². The van der Waals surface area contributed by atoms with Gasteiger partial charge >= 0.3 is 6.03 Å². The summed E-state index contributed by atoms with van der Waals surface area (Å²) in [6.45, 7) is 2.10. The number of ether oxygens (including phenoxy) is 1. The van der Waals surface area contributed by atoms with Crippen LogP contribution < -0.4 is 10.1 Å². The molecule has 0 radical (unpaired) electrons. The number of hydrogen-bond donors (Lipinski definition) is 1. The van der Waals surface area contributed by atoms with Crippen molar-refractivity contribution >= 4 is 6.03 Å². The molecule has 0 spiro atoms. The number of rotatable bonds is 6. The summed E-state index contributed by atoms with van der Waals surface area (Å²) in [5.74, 6) is 2.23. The van der Waals surface area contributed by atoms with Crippen molar-refractivity contribution in [1.29, 1.82) is 0 Å². The molecule has 0 aliphatic carbocycles. The first-order chi connectivity index (χ1) is 12.2. The van der Waals surface area contributed by atoms with Crippen LogP contribution in [-0.2, 0) is 13.0 Å². The minimum absolute atomic E-state index is 0.00230. The van der Waals surface area contributed by atoms with Gasteiger partial charge in [-0.25, -0.2) is 4.79 Å². The molecule has 1 saturated heterocycles. The standard InChI is InChI=1S/C20H26N2O3/c1-24-18-7-2-5-16(13-18)9-10-17-6-3-11-22(15-17)20(23)21-14-19-8-4-12-25-19/h2,4-5,7-8,12-13,17H,3,6,9-11,14-15H2,1H3,(H,21,23)/t17-/m1/s1. The lowest BCUT2D eigenvalue weighted by Gasteiger charge is -2.32. The molecule has 1 atom stereocenters. The van der Waals surface area contributed by atoms with Crippen molar-refractivity contribution in [2.45, 2.75) is 32.2 Å². The molecule has 0 bridgehead atoms. The van der Waals surface area contributed by atoms with E-state index in [2.05, 4.69) is 17.4 Å². The van der Waals surface area contributed by atoms with Gasteiger partial charge in [0.05, 0.1) is 19.9 Å². The van der Waals surface area contributed by atoms with E-state index in [9.17, 15) is 4.79 Å². The molecule has 0 unspecified atom stereocenters. The molecule has 1 N–H and O–H groups in total. The summed E-state index contributed by atoms with van der Waals surface area (Å²) in [4.78, 5) is 14.3. The van der Waals surface area contributed by atoms with Crippen molar-refractivity contribution in [2.75, 3.05) is 20.2 Å². The van der Waals surface area contributed by atoms with Crippen LogP contribution in [0.1, 0.15) is 30.6 Å². The monoisotopic (exact) mass is 342 g/mol. The van der Waals surface area contributed by atoms with Crippen LogP contribution in [0.25, 0.3) is 0 Å². The molecule has 3 rings (SSSR count). The Hall–Kier alpha value is -2.43. The highest BCUT2D eigenvalue weighted by Crippen LogP contribution is 2.23. The molecular formula is C20H26N2O3. The Morgan fingerprint density at radius 2 is 2.28 bits per heavy atom. The molecule has 1 aliphatic rings. The van der Waals surface area contributed by atoms with Gasteiger partial charge in [0.2, 0.25) is 0 Å². The molecule has 5 nitrogen and oxygen atoms in total. The van der Waals surface area contributed by atoms with Crippen molar-refractivity contribution < 1.29 is 13.9 Å². The number of piperidine rings is 1. The number of carbonyl (C=O) groups is 1. The summed E-state index contributed by atoms with van der Waals surface area (Å²) in [5.41, 5.74) is 1.29. The van der Waals surface area contributed by atoms with Gasteiger partial charge in [0, 0.05) is 13.1 Å². The molecule has 1 fully saturated rings. The van der Waals surface area contributed by atoms with Crippen molar-refractivity contribution in [1.82, 2.24) is 10.2 Å². The maximum Gasteiger partial charge on any atom is 0.317 e. The van der Waals surface area contributed by atoms with Crippen LogP contribution in [0, 0.1) is 5.92 Å². The zero-order chi connectivity index (χ0) is 17.5. The molecule has 1 aromatic carbocycles. The van der Waals surface area contributed by atoms with E-state index in [0.717, 1.165) is 43.9 Å². The maximum atomic E-state index is 12.4. The van der Waals surface area contributed by atoms with Crippen LogP contribution in [0.3, 0.4) is 0 Å². The predicted octanol–water partition coefficient (Wildman–Crippen LogP) is 3.84. The van der Waals surface area contributed by atoms with Crippen molar-refractivity contribution in [3.05, 3.63) is 54.0 Å². The van der Waals surface area contributed by atoms with Gasteiger partial charge in [-0.3, -0.25) is 0 Å². The molecule has 1 aliphatic heterocycles. The lowest BCUT2D eigenvalue weighted by atomic mass is 9.92. The number of furan rings is 1. The zero-order valence-corrected chi connectivity index (χ0v) is 14.7. The highest BCUT2D eigenvalue weighted by molar-refractivity contribution is 5.74. The second-order valence-corrected chi connectivity index (χ2v) is 6.58. The van der Waals surface area contributed by atoms with Crippen LogP contribution in [0.15, 0.2) is 47.1 Å². The molecule has 1 aromatic heterocycles. The van der Waals surface area contributed by atoms with E-state index < -0.39 is 0 Å². The second-order valence-electron chi connectivity index (χ2n) is 6.58. The fraction of sp³-hybridized carbons (Fsp3) is 0.450. The van der Waals surface area contributed by atoms with Crippen LogP contribution >= 0.6 is 0 Å². The largest absolute Gasteiger partial charge is 0.497 e. The first-order valence-electron chi connectivity index (χ1n) is 8.92. The summed E-state index contributed by atoms with van der Waals surface area (Å²) in [7, 11) is 1.69. The third-order valence-electron chi connectivity index (χ3n) is 4.78. The van der Waals surface area contributed by atoms with Crippen molar-refractivity contribution in [3.8, 4) is 5.75 Å². The summed E-state index contributed by atoms with van der Waals surface area (Å²) in [5, 5.41) is 2.94. The van der Waals surface area contributed by atoms with Crippen molar-refractivity contribution in [2.24, 2.45) is 5.92 Å². The Balaban J connectivity index is 1.46. The first-order valence-corrected chi connectivity index (χ1v) is 8.92. The third kappa shape index (κ3) is 5.02. The van der Waals surface area contributed by atoms with Crippen LogP contribution in [0.5, 0.6) is 5.75 Å². The average molecular weight is 342 g/mol. The van der Waals surface area contributed by atoms with Gasteiger partial charge in [0.15, 0.2) is 0 Å². The summed E-state index contributed by atoms with van der Waals surface area (Å²) in [6, 6.07) is 11.9. The molecule has 5 heteroatoms. The van der Waals surface area contributed by atoms with E-state index in [-0.39, 0.29) is 6.03 Å². The topological polar surface area (TPSA) is 54.7 Å². The Labute approximate surface area is 149 Å². The Morgan fingerprint density at radius 3 is 3.08 bits per heavy atom. The van der Waals surface area contributed by atoms with E-state index in [1.807, 2.05) is 29.2 Å². The number of likely N-dealkylation sites (tertiary alicyclic amines) is 1. The molecule has 0 saturated carbocycles. The van der Waals surface area contributed by atoms with Crippen LogP contribution in [0.4, 0.5) is 4.79 Å². The average Bonchev–Trinajstić information content (AvgIpc) is 3.18. The van der Waals surface area contributed by atoms with Gasteiger partial charge < -0.3 is 19.4 Å². The number of nitrogens with one attached hydrogen (secondary N) is 1. The summed E-state index contributed by atoms with van der Waals surface area (Å²) < 4.78 is 10.5. The number of methoxy groups -OCH3 is 1. The Morgan fingerprint density at radius 1 is 1.36 bits per heavy atom. The van der Waals surface area contributed by atoms with E-state index in [1.54, 1.807) is 13.4 Å². The van der Waals surface area contributed by atoms with Gasteiger partial charge in [0.1, 0.15) is 11.5 Å². The highest BCUT2D eigenvalue weighted by atomic mass is 16.5. The fourth-order valence-electron chi connectivity index (χ4n) is 3.37. The van der Waals surface area contributed by atoms with E-state index in [0.29, 0.717) is 12.5 Å². The smallest absolute Gasteiger partial charge is 0.317 e. The quantitative estimate of drug-likeness (QED) is 0.868. The number of hydrogen-bond acceptors (Lipinski definition) is 3. The van der Waals surface area contributed by atoms with Gasteiger partial charge in [0.25, 0.3) is 0 Å². The van der Waals surface area contributed by atoms with E-state index >= 15 is 0 Å². The Kier molecular flexibility index (Phi) is 5.99. The van der Waals surface area contributed by atoms with Gasteiger partial charge in [-0.15, -0.1) is 0 Å². The summed E-state index contributed by atoms with van der Waals surface area (Å²) >= 11 is 0. The molecular weight excluding hydrogens is 316 g/mol. The molecule has 25 heavy (non-hydrogen) atoms. The van der Waals surface area contributed by atoms with Crippen molar-refractivity contribution in [3.63, 3.8) is 0 Å². The summed E-state index contributed by atoms with van der Waals surface area (Å²) in [6.07, 6.45) is 5.98. The normalized spacial score (nSPS) is 17.3. The number of nitrogens with zero attached hydrogens (tertiary/aromatic N) is 1. The lowest BCUT2D eigenvalue weighted by Crippen LogP contribution is -2.45. The van der Waals surface area contributed by atoms with Crippen LogP contribution in [-0.4, -0.2) is 31.1 Å². The van der Waals surface area contributed by atoms with E-state index in [4.69, 9.17) is 9.15 Å². The minimum atomic E-state index is 0.00230. The van der Waals surface area contributed by atoms with Gasteiger partial charge in [-0.2, -0.15) is 0 Å². The molecule has 134 valence electrons. The Bertz CT molecular complexity index is 669. The SMILES string of the molecule is COc1cccc(CC[C@H]2CCCN(C(=O)NCc3ccco3)C2)c1. The third-order valence-corrected chi connectivity index (χ3v) is 4.78. The van der Waals surface area contributed by atoms with Gasteiger partial charge in [-0.1, -0.05) is 12.1 Å². The number of benzene rings is 1. The highest BCUT2D eigenvalue weighted by Gasteiger charge is 2.23. The maximum absolute atomic E-state index is 12.4. The van der Waals surface area contributed by atoms with Crippen LogP contribution in [0.2, 0.25) is 0 Å². The number of carbonyl (C=O) groups excluding carboxylic acids is 1. The molecule has 2 aromatic rings. The fourth-order valence-corrected chi connectivity index (χ4v) is 3.37. The molecule has 2 heterocycles. The number of urea groups is 1. The zero-order valence-electron chi connectivity index (χ0n) is 14.7. The predicted molar refractivity (Wildman–Crippen MR) is 96.6 cm³/mol. The first kappa shape index (κ1) is 17.4. The minimum Gasteiger partial charge on any atom is -0.497 e. The number of amides is 2.